The predicted molar refractivity (Wildman–Crippen MR) is 82.2 cm³/mol. The first kappa shape index (κ1) is 14.8. The molecular weight excluding hydrogens is 282 g/mol. The molecule has 0 aromatic carbocycles. The minimum Gasteiger partial charge on any atom is -0.481 e. The van der Waals surface area contributed by atoms with Crippen molar-refractivity contribution in [2.24, 2.45) is 7.05 Å². The molecule has 1 aliphatic heterocycles. The molecule has 2 aromatic rings. The third kappa shape index (κ3) is 2.76. The molecule has 22 heavy (non-hydrogen) atoms. The maximum Gasteiger partial charge on any atom is 0.221 e. The van der Waals surface area contributed by atoms with Crippen molar-refractivity contribution in [1.29, 1.82) is 0 Å². The number of morpholine rings is 1. The largest absolute Gasteiger partial charge is 0.481 e. The number of aromatic nitrogens is 4. The molecule has 1 atom stereocenters. The summed E-state index contributed by atoms with van der Waals surface area (Å²) >= 11 is 0. The van der Waals surface area contributed by atoms with Crippen LogP contribution < -0.4 is 9.64 Å². The lowest BCUT2D eigenvalue weighted by atomic mass is 10.1. The smallest absolute Gasteiger partial charge is 0.221 e. The Hall–Kier alpha value is -2.15. The summed E-state index contributed by atoms with van der Waals surface area (Å²) in [4.78, 5) is 11.1. The number of hydrogen-bond acceptors (Lipinski definition) is 6. The van der Waals surface area contributed by atoms with E-state index in [0.717, 1.165) is 30.0 Å². The lowest BCUT2D eigenvalue weighted by Crippen LogP contribution is -2.39. The number of anilines is 1. The Kier molecular flexibility index (Phi) is 3.98. The maximum absolute atomic E-state index is 5.89. The lowest BCUT2D eigenvalue weighted by molar-refractivity contribution is 0.0394. The first-order valence-electron chi connectivity index (χ1n) is 7.33. The molecule has 0 aliphatic carbocycles. The van der Waals surface area contributed by atoms with Gasteiger partial charge in [-0.15, -0.1) is 0 Å². The van der Waals surface area contributed by atoms with E-state index in [1.165, 1.54) is 0 Å². The molecule has 0 N–H and O–H groups in total. The molecule has 0 radical (unpaired) electrons. The van der Waals surface area contributed by atoms with Gasteiger partial charge in [-0.05, 0) is 13.8 Å². The summed E-state index contributed by atoms with van der Waals surface area (Å²) in [5.41, 5.74) is 2.04. The fourth-order valence-corrected chi connectivity index (χ4v) is 2.74. The highest BCUT2D eigenvalue weighted by Gasteiger charge is 2.26. The van der Waals surface area contributed by atoms with Crippen molar-refractivity contribution in [3.05, 3.63) is 29.3 Å². The summed E-state index contributed by atoms with van der Waals surface area (Å²) in [5, 5.41) is 4.22. The molecule has 0 unspecified atom stereocenters. The Bertz CT molecular complexity index is 670. The average Bonchev–Trinajstić information content (AvgIpc) is 2.96. The highest BCUT2D eigenvalue weighted by atomic mass is 16.5. The topological polar surface area (TPSA) is 65.3 Å². The second-order valence-corrected chi connectivity index (χ2v) is 5.48. The Morgan fingerprint density at radius 3 is 2.82 bits per heavy atom. The van der Waals surface area contributed by atoms with Gasteiger partial charge in [0, 0.05) is 31.9 Å². The van der Waals surface area contributed by atoms with Gasteiger partial charge < -0.3 is 14.4 Å². The first-order valence-corrected chi connectivity index (χ1v) is 7.33. The molecule has 1 aliphatic rings. The Labute approximate surface area is 129 Å². The van der Waals surface area contributed by atoms with Crippen LogP contribution in [0.4, 0.5) is 5.82 Å². The number of methoxy groups -OCH3 is 1. The molecule has 0 amide bonds. The van der Waals surface area contributed by atoms with Crippen molar-refractivity contribution in [3.8, 4) is 5.88 Å². The van der Waals surface area contributed by atoms with Gasteiger partial charge in [-0.2, -0.15) is 10.1 Å². The normalized spacial score (nSPS) is 18.5. The second kappa shape index (κ2) is 5.92. The van der Waals surface area contributed by atoms with Crippen molar-refractivity contribution >= 4 is 5.82 Å². The van der Waals surface area contributed by atoms with Crippen LogP contribution in [0.2, 0.25) is 0 Å². The zero-order valence-corrected chi connectivity index (χ0v) is 13.4. The van der Waals surface area contributed by atoms with Crippen LogP contribution in [0.5, 0.6) is 5.88 Å². The van der Waals surface area contributed by atoms with Crippen LogP contribution in [0, 0.1) is 13.8 Å². The van der Waals surface area contributed by atoms with Crippen LogP contribution in [0.1, 0.15) is 23.1 Å². The van der Waals surface area contributed by atoms with E-state index in [4.69, 9.17) is 9.47 Å². The highest BCUT2D eigenvalue weighted by Crippen LogP contribution is 2.29. The van der Waals surface area contributed by atoms with Gasteiger partial charge in [0.1, 0.15) is 17.7 Å². The fraction of sp³-hybridized carbons (Fsp3) is 0.533. The third-order valence-electron chi connectivity index (χ3n) is 3.84. The van der Waals surface area contributed by atoms with E-state index in [-0.39, 0.29) is 6.10 Å². The monoisotopic (exact) mass is 303 g/mol. The third-order valence-corrected chi connectivity index (χ3v) is 3.84. The van der Waals surface area contributed by atoms with Crippen molar-refractivity contribution in [3.63, 3.8) is 0 Å². The maximum atomic E-state index is 5.89. The van der Waals surface area contributed by atoms with Gasteiger partial charge >= 0.3 is 0 Å². The van der Waals surface area contributed by atoms with E-state index >= 15 is 0 Å². The van der Waals surface area contributed by atoms with Crippen molar-refractivity contribution in [1.82, 2.24) is 19.7 Å². The summed E-state index contributed by atoms with van der Waals surface area (Å²) in [6, 6.07) is 0. The average molecular weight is 303 g/mol. The number of nitrogens with zero attached hydrogens (tertiary/aromatic N) is 5. The van der Waals surface area contributed by atoms with Crippen LogP contribution in [-0.2, 0) is 11.8 Å². The molecule has 0 spiro atoms. The predicted octanol–water partition coefficient (Wildman–Crippen LogP) is 1.41. The summed E-state index contributed by atoms with van der Waals surface area (Å²) in [6.07, 6.45) is 3.85. The number of aryl methyl sites for hydroxylation is 2. The van der Waals surface area contributed by atoms with E-state index in [1.807, 2.05) is 33.3 Å². The Morgan fingerprint density at radius 1 is 1.32 bits per heavy atom. The van der Waals surface area contributed by atoms with Crippen LogP contribution in [0.25, 0.3) is 0 Å². The Morgan fingerprint density at radius 2 is 2.14 bits per heavy atom. The summed E-state index contributed by atoms with van der Waals surface area (Å²) in [6.45, 7) is 6.07. The van der Waals surface area contributed by atoms with E-state index in [2.05, 4.69) is 20.0 Å². The van der Waals surface area contributed by atoms with Gasteiger partial charge in [0.2, 0.25) is 5.88 Å². The van der Waals surface area contributed by atoms with Crippen LogP contribution in [0.15, 0.2) is 12.4 Å². The molecule has 7 heteroatoms. The highest BCUT2D eigenvalue weighted by molar-refractivity contribution is 5.51. The van der Waals surface area contributed by atoms with Crippen molar-refractivity contribution < 1.29 is 9.47 Å². The van der Waals surface area contributed by atoms with Gasteiger partial charge in [0.25, 0.3) is 0 Å². The second-order valence-electron chi connectivity index (χ2n) is 5.48. The molecule has 118 valence electrons. The van der Waals surface area contributed by atoms with Crippen molar-refractivity contribution in [2.45, 2.75) is 20.0 Å². The zero-order valence-electron chi connectivity index (χ0n) is 13.4. The minimum atomic E-state index is 0.00289. The van der Waals surface area contributed by atoms with Crippen LogP contribution >= 0.6 is 0 Å². The molecule has 1 fully saturated rings. The lowest BCUT2D eigenvalue weighted by Gasteiger charge is -2.34. The van der Waals surface area contributed by atoms with Gasteiger partial charge in [0.05, 0.1) is 25.5 Å². The number of rotatable bonds is 3. The molecule has 7 nitrogen and oxygen atoms in total. The summed E-state index contributed by atoms with van der Waals surface area (Å²) in [5.74, 6) is 2.26. The molecule has 0 bridgehead atoms. The summed E-state index contributed by atoms with van der Waals surface area (Å²) in [7, 11) is 3.54. The van der Waals surface area contributed by atoms with Crippen molar-refractivity contribution in [2.75, 3.05) is 31.7 Å². The molecule has 0 saturated carbocycles. The summed E-state index contributed by atoms with van der Waals surface area (Å²) < 4.78 is 13.0. The van der Waals surface area contributed by atoms with Gasteiger partial charge in [-0.3, -0.25) is 4.68 Å². The minimum absolute atomic E-state index is 0.00289. The van der Waals surface area contributed by atoms with Gasteiger partial charge in [0.15, 0.2) is 0 Å². The van der Waals surface area contributed by atoms with E-state index < -0.39 is 0 Å². The number of hydrogen-bond donors (Lipinski definition) is 0. The van der Waals surface area contributed by atoms with E-state index in [0.29, 0.717) is 18.3 Å². The molecular formula is C15H21N5O2. The molecule has 3 rings (SSSR count). The van der Waals surface area contributed by atoms with Crippen LogP contribution in [0.3, 0.4) is 0 Å². The number of ether oxygens (including phenoxy) is 2. The molecule has 1 saturated heterocycles. The fourth-order valence-electron chi connectivity index (χ4n) is 2.74. The van der Waals surface area contributed by atoms with Crippen LogP contribution in [-0.4, -0.2) is 46.6 Å². The molecule has 3 heterocycles. The van der Waals surface area contributed by atoms with E-state index in [9.17, 15) is 0 Å². The van der Waals surface area contributed by atoms with Gasteiger partial charge in [-0.25, -0.2) is 4.98 Å². The first-order chi connectivity index (χ1) is 10.6. The zero-order chi connectivity index (χ0) is 15.7. The van der Waals surface area contributed by atoms with Gasteiger partial charge in [-0.1, -0.05) is 0 Å². The van der Waals surface area contributed by atoms with E-state index in [1.54, 1.807) is 11.8 Å². The SMILES string of the molecule is COc1nc(C)nc(N2CCO[C@@H](c3cnn(C)c3)C2)c1C. The Balaban J connectivity index is 1.87. The molecule has 2 aromatic heterocycles. The standard InChI is InChI=1S/C15H21N5O2/c1-10-14(17-11(2)18-15(10)21-4)20-5-6-22-13(9-20)12-7-16-19(3)8-12/h7-8,13H,5-6,9H2,1-4H3/t13-/m1/s1. The quantitative estimate of drug-likeness (QED) is 0.854.